The van der Waals surface area contributed by atoms with Crippen LogP contribution in [-0.4, -0.2) is 37.0 Å². The number of nitrogens with zero attached hydrogens (tertiary/aromatic N) is 2. The standard InChI is InChI=1S/C9H17N3O2S/c1-10-8-9-11-4-6-12(9)5-3-7-15(2,13)14/h4,6,10H,3,5,7-8H2,1-2H3. The van der Waals surface area contributed by atoms with Gasteiger partial charge in [-0.05, 0) is 13.5 Å². The van der Waals surface area contributed by atoms with Crippen molar-refractivity contribution in [2.45, 2.75) is 19.5 Å². The van der Waals surface area contributed by atoms with Crippen LogP contribution in [0.4, 0.5) is 0 Å². The lowest BCUT2D eigenvalue weighted by molar-refractivity contribution is 0.583. The summed E-state index contributed by atoms with van der Waals surface area (Å²) in [5.41, 5.74) is 0. The van der Waals surface area contributed by atoms with Crippen molar-refractivity contribution in [2.24, 2.45) is 0 Å². The monoisotopic (exact) mass is 231 g/mol. The Morgan fingerprint density at radius 3 is 2.87 bits per heavy atom. The third-order valence-corrected chi connectivity index (χ3v) is 3.08. The van der Waals surface area contributed by atoms with Gasteiger partial charge in [0.1, 0.15) is 15.7 Å². The van der Waals surface area contributed by atoms with Crippen molar-refractivity contribution < 1.29 is 8.42 Å². The Hall–Kier alpha value is -0.880. The first kappa shape index (κ1) is 12.2. The predicted molar refractivity (Wildman–Crippen MR) is 59.3 cm³/mol. The van der Waals surface area contributed by atoms with E-state index in [1.807, 2.05) is 17.8 Å². The zero-order chi connectivity index (χ0) is 11.3. The molecule has 0 saturated heterocycles. The molecule has 1 heterocycles. The number of imidazole rings is 1. The molecule has 0 aliphatic carbocycles. The second-order valence-electron chi connectivity index (χ2n) is 3.55. The summed E-state index contributed by atoms with van der Waals surface area (Å²) in [6, 6.07) is 0. The van der Waals surface area contributed by atoms with Gasteiger partial charge in [0.2, 0.25) is 0 Å². The molecule has 0 radical (unpaired) electrons. The Labute approximate surface area is 90.4 Å². The van der Waals surface area contributed by atoms with Crippen molar-refractivity contribution in [3.8, 4) is 0 Å². The van der Waals surface area contributed by atoms with E-state index in [1.165, 1.54) is 6.26 Å². The van der Waals surface area contributed by atoms with Crippen LogP contribution in [0.1, 0.15) is 12.2 Å². The van der Waals surface area contributed by atoms with E-state index in [1.54, 1.807) is 6.20 Å². The molecule has 0 bridgehead atoms. The first-order chi connectivity index (χ1) is 7.03. The molecule has 6 heteroatoms. The third-order valence-electron chi connectivity index (χ3n) is 2.05. The highest BCUT2D eigenvalue weighted by Crippen LogP contribution is 2.00. The smallest absolute Gasteiger partial charge is 0.147 e. The summed E-state index contributed by atoms with van der Waals surface area (Å²) < 4.78 is 23.8. The molecule has 15 heavy (non-hydrogen) atoms. The molecule has 1 rings (SSSR count). The number of nitrogens with one attached hydrogen (secondary N) is 1. The second kappa shape index (κ2) is 5.27. The molecule has 0 aromatic carbocycles. The van der Waals surface area contributed by atoms with Crippen molar-refractivity contribution in [2.75, 3.05) is 19.1 Å². The van der Waals surface area contributed by atoms with Gasteiger partial charge in [-0.1, -0.05) is 0 Å². The minimum absolute atomic E-state index is 0.226. The SMILES string of the molecule is CNCc1nccn1CCCS(C)(=O)=O. The van der Waals surface area contributed by atoms with Crippen molar-refractivity contribution in [3.05, 3.63) is 18.2 Å². The maximum atomic E-state index is 10.9. The average molecular weight is 231 g/mol. The lowest BCUT2D eigenvalue weighted by atomic mass is 10.4. The van der Waals surface area contributed by atoms with Crippen LogP contribution in [-0.2, 0) is 22.9 Å². The van der Waals surface area contributed by atoms with E-state index >= 15 is 0 Å². The summed E-state index contributed by atoms with van der Waals surface area (Å²) >= 11 is 0. The maximum absolute atomic E-state index is 10.9. The van der Waals surface area contributed by atoms with E-state index in [4.69, 9.17) is 0 Å². The number of rotatable bonds is 6. The van der Waals surface area contributed by atoms with Gasteiger partial charge in [0.25, 0.3) is 0 Å². The Morgan fingerprint density at radius 2 is 2.27 bits per heavy atom. The van der Waals surface area contributed by atoms with Crippen molar-refractivity contribution in [3.63, 3.8) is 0 Å². The van der Waals surface area contributed by atoms with Crippen LogP contribution in [0, 0.1) is 0 Å². The molecule has 0 unspecified atom stereocenters. The van der Waals surface area contributed by atoms with Crippen LogP contribution in [0.3, 0.4) is 0 Å². The molecule has 5 nitrogen and oxygen atoms in total. The van der Waals surface area contributed by atoms with Gasteiger partial charge in [0, 0.05) is 25.2 Å². The summed E-state index contributed by atoms with van der Waals surface area (Å²) in [5.74, 6) is 1.16. The Morgan fingerprint density at radius 1 is 1.53 bits per heavy atom. The van der Waals surface area contributed by atoms with Gasteiger partial charge < -0.3 is 9.88 Å². The van der Waals surface area contributed by atoms with Crippen LogP contribution in [0.5, 0.6) is 0 Å². The van der Waals surface area contributed by atoms with Crippen LogP contribution in [0.15, 0.2) is 12.4 Å². The van der Waals surface area contributed by atoms with Crippen LogP contribution < -0.4 is 5.32 Å². The van der Waals surface area contributed by atoms with E-state index in [0.29, 0.717) is 19.5 Å². The molecule has 1 aromatic rings. The molecular formula is C9H17N3O2S. The summed E-state index contributed by atoms with van der Waals surface area (Å²) in [4.78, 5) is 4.17. The molecule has 0 fully saturated rings. The number of aryl methyl sites for hydroxylation is 1. The van der Waals surface area contributed by atoms with Gasteiger partial charge in [-0.2, -0.15) is 0 Å². The molecule has 0 atom stereocenters. The zero-order valence-electron chi connectivity index (χ0n) is 9.10. The molecule has 1 aromatic heterocycles. The number of aromatic nitrogens is 2. The number of hydrogen-bond donors (Lipinski definition) is 1. The maximum Gasteiger partial charge on any atom is 0.147 e. The highest BCUT2D eigenvalue weighted by molar-refractivity contribution is 7.90. The van der Waals surface area contributed by atoms with Gasteiger partial charge in [0.15, 0.2) is 0 Å². The van der Waals surface area contributed by atoms with Crippen LogP contribution in [0.25, 0.3) is 0 Å². The topological polar surface area (TPSA) is 64.0 Å². The minimum Gasteiger partial charge on any atom is -0.334 e. The van der Waals surface area contributed by atoms with E-state index in [-0.39, 0.29) is 5.75 Å². The molecule has 0 aliphatic rings. The lowest BCUT2D eigenvalue weighted by Crippen LogP contribution is -2.14. The third kappa shape index (κ3) is 4.44. The van der Waals surface area contributed by atoms with E-state index in [0.717, 1.165) is 5.82 Å². The number of sulfone groups is 1. The molecular weight excluding hydrogens is 214 g/mol. The summed E-state index contributed by atoms with van der Waals surface area (Å²) in [5, 5.41) is 3.02. The Kier molecular flexibility index (Phi) is 4.28. The van der Waals surface area contributed by atoms with Crippen LogP contribution >= 0.6 is 0 Å². The molecule has 86 valence electrons. The summed E-state index contributed by atoms with van der Waals surface area (Å²) in [6.07, 6.45) is 5.49. The Balaban J connectivity index is 2.47. The fraction of sp³-hybridized carbons (Fsp3) is 0.667. The second-order valence-corrected chi connectivity index (χ2v) is 5.81. The quantitative estimate of drug-likeness (QED) is 0.750. The fourth-order valence-corrected chi connectivity index (χ4v) is 2.02. The van der Waals surface area contributed by atoms with Crippen LogP contribution in [0.2, 0.25) is 0 Å². The Bertz CT molecular complexity index is 397. The normalized spacial score (nSPS) is 11.9. The zero-order valence-corrected chi connectivity index (χ0v) is 9.92. The summed E-state index contributed by atoms with van der Waals surface area (Å²) in [6.45, 7) is 1.40. The van der Waals surface area contributed by atoms with E-state index in [2.05, 4.69) is 10.3 Å². The van der Waals surface area contributed by atoms with Gasteiger partial charge in [0.05, 0.1) is 12.3 Å². The molecule has 0 spiro atoms. The number of hydrogen-bond acceptors (Lipinski definition) is 4. The highest BCUT2D eigenvalue weighted by atomic mass is 32.2. The first-order valence-corrected chi connectivity index (χ1v) is 6.91. The summed E-state index contributed by atoms with van der Waals surface area (Å²) in [7, 11) is -0.995. The molecule has 0 aliphatic heterocycles. The first-order valence-electron chi connectivity index (χ1n) is 4.85. The average Bonchev–Trinajstić information content (AvgIpc) is 2.51. The van der Waals surface area contributed by atoms with E-state index < -0.39 is 9.84 Å². The van der Waals surface area contributed by atoms with Gasteiger partial charge >= 0.3 is 0 Å². The highest BCUT2D eigenvalue weighted by Gasteiger charge is 2.04. The largest absolute Gasteiger partial charge is 0.334 e. The molecule has 1 N–H and O–H groups in total. The minimum atomic E-state index is -2.85. The fourth-order valence-electron chi connectivity index (χ4n) is 1.37. The van der Waals surface area contributed by atoms with Gasteiger partial charge in [-0.25, -0.2) is 13.4 Å². The molecule has 0 amide bonds. The van der Waals surface area contributed by atoms with Crippen molar-refractivity contribution in [1.82, 2.24) is 14.9 Å². The van der Waals surface area contributed by atoms with Gasteiger partial charge in [-0.15, -0.1) is 0 Å². The molecule has 0 saturated carbocycles. The lowest BCUT2D eigenvalue weighted by Gasteiger charge is -2.06. The predicted octanol–water partition coefficient (Wildman–Crippen LogP) is 0.0372. The van der Waals surface area contributed by atoms with Gasteiger partial charge in [-0.3, -0.25) is 0 Å². The van der Waals surface area contributed by atoms with Crippen molar-refractivity contribution >= 4 is 9.84 Å². The van der Waals surface area contributed by atoms with E-state index in [9.17, 15) is 8.42 Å². The van der Waals surface area contributed by atoms with Crippen molar-refractivity contribution in [1.29, 1.82) is 0 Å².